The van der Waals surface area contributed by atoms with Crippen LogP contribution in [0.5, 0.6) is 0 Å². The fourth-order valence-corrected chi connectivity index (χ4v) is 1.62. The molecular weight excluding hydrogens is 271 g/mol. The van der Waals surface area contributed by atoms with Gasteiger partial charge in [0.25, 0.3) is 0 Å². The maximum atomic E-state index is 11.9. The number of amides is 1. The van der Waals surface area contributed by atoms with E-state index in [1.807, 2.05) is 0 Å². The Morgan fingerprint density at radius 2 is 2.22 bits per heavy atom. The molecular formula is C9H14F3N3O2S. The molecule has 0 aromatic rings. The van der Waals surface area contributed by atoms with Crippen molar-refractivity contribution >= 4 is 23.1 Å². The molecule has 0 aromatic heterocycles. The minimum Gasteiger partial charge on any atom is -0.391 e. The number of alkyl halides is 3. The second kappa shape index (κ2) is 6.30. The molecule has 1 aliphatic heterocycles. The third kappa shape index (κ3) is 5.61. The standard InChI is InChI=1S/C9H14F3N3O2S/c10-9(11,12)5-14-7(16)4-15-1-2-17-6(3-15)8(13)18/h6H,1-5H2,(H2,13,18)(H,14,16). The predicted octanol–water partition coefficient (Wildman–Crippen LogP) is -0.348. The SMILES string of the molecule is NC(=S)C1CN(CC(=O)NCC(F)(F)F)CCO1. The first-order chi connectivity index (χ1) is 8.28. The van der Waals surface area contributed by atoms with E-state index in [9.17, 15) is 18.0 Å². The number of nitrogens with zero attached hydrogens (tertiary/aromatic N) is 1. The van der Waals surface area contributed by atoms with Crippen LogP contribution in [-0.2, 0) is 9.53 Å². The van der Waals surface area contributed by atoms with Crippen molar-refractivity contribution in [1.29, 1.82) is 0 Å². The zero-order valence-electron chi connectivity index (χ0n) is 9.50. The van der Waals surface area contributed by atoms with Crippen LogP contribution < -0.4 is 11.1 Å². The number of hydrogen-bond acceptors (Lipinski definition) is 4. The zero-order valence-corrected chi connectivity index (χ0v) is 10.3. The molecule has 9 heteroatoms. The lowest BCUT2D eigenvalue weighted by Gasteiger charge is -2.31. The van der Waals surface area contributed by atoms with E-state index >= 15 is 0 Å². The molecule has 0 aromatic carbocycles. The molecule has 1 rings (SSSR count). The van der Waals surface area contributed by atoms with E-state index in [4.69, 9.17) is 22.7 Å². The molecule has 5 nitrogen and oxygen atoms in total. The third-order valence-electron chi connectivity index (χ3n) is 2.32. The number of carbonyl (C=O) groups is 1. The number of ether oxygens (including phenoxy) is 1. The Morgan fingerprint density at radius 3 is 2.78 bits per heavy atom. The molecule has 1 saturated heterocycles. The molecule has 1 atom stereocenters. The summed E-state index contributed by atoms with van der Waals surface area (Å²) >= 11 is 4.76. The zero-order chi connectivity index (χ0) is 13.8. The van der Waals surface area contributed by atoms with Gasteiger partial charge in [0.2, 0.25) is 5.91 Å². The minimum atomic E-state index is -4.40. The van der Waals surface area contributed by atoms with Crippen LogP contribution in [0.25, 0.3) is 0 Å². The number of halogens is 3. The van der Waals surface area contributed by atoms with Crippen LogP contribution in [0.4, 0.5) is 13.2 Å². The summed E-state index contributed by atoms with van der Waals surface area (Å²) in [6.45, 7) is -0.338. The topological polar surface area (TPSA) is 67.6 Å². The van der Waals surface area contributed by atoms with Crippen LogP contribution >= 0.6 is 12.2 Å². The van der Waals surface area contributed by atoms with Gasteiger partial charge in [0.15, 0.2) is 0 Å². The largest absolute Gasteiger partial charge is 0.405 e. The van der Waals surface area contributed by atoms with E-state index < -0.39 is 24.7 Å². The Labute approximate surface area is 107 Å². The first kappa shape index (κ1) is 15.1. The van der Waals surface area contributed by atoms with Gasteiger partial charge in [-0.05, 0) is 0 Å². The van der Waals surface area contributed by atoms with Gasteiger partial charge >= 0.3 is 6.18 Å². The second-order valence-corrected chi connectivity index (χ2v) is 4.36. The summed E-state index contributed by atoms with van der Waals surface area (Å²) in [6.07, 6.45) is -4.86. The molecule has 1 fully saturated rings. The second-order valence-electron chi connectivity index (χ2n) is 3.89. The summed E-state index contributed by atoms with van der Waals surface area (Å²) in [4.78, 5) is 13.1. The predicted molar refractivity (Wildman–Crippen MR) is 62.0 cm³/mol. The van der Waals surface area contributed by atoms with Crippen molar-refractivity contribution in [3.05, 3.63) is 0 Å². The van der Waals surface area contributed by atoms with Gasteiger partial charge in [-0.15, -0.1) is 0 Å². The first-order valence-electron chi connectivity index (χ1n) is 5.24. The van der Waals surface area contributed by atoms with Crippen LogP contribution in [0, 0.1) is 0 Å². The highest BCUT2D eigenvalue weighted by Gasteiger charge is 2.29. The fourth-order valence-electron chi connectivity index (χ4n) is 1.48. The van der Waals surface area contributed by atoms with Gasteiger partial charge in [0.05, 0.1) is 13.2 Å². The highest BCUT2D eigenvalue weighted by atomic mass is 32.1. The van der Waals surface area contributed by atoms with Gasteiger partial charge in [-0.2, -0.15) is 13.2 Å². The minimum absolute atomic E-state index is 0.126. The highest BCUT2D eigenvalue weighted by molar-refractivity contribution is 7.80. The quantitative estimate of drug-likeness (QED) is 0.691. The van der Waals surface area contributed by atoms with Crippen LogP contribution in [0.2, 0.25) is 0 Å². The van der Waals surface area contributed by atoms with Crippen molar-refractivity contribution in [2.75, 3.05) is 32.8 Å². The van der Waals surface area contributed by atoms with E-state index in [0.29, 0.717) is 19.7 Å². The average molecular weight is 285 g/mol. The van der Waals surface area contributed by atoms with E-state index in [0.717, 1.165) is 0 Å². The normalized spacial score (nSPS) is 21.6. The van der Waals surface area contributed by atoms with E-state index in [2.05, 4.69) is 0 Å². The number of morpholine rings is 1. The van der Waals surface area contributed by atoms with Crippen molar-refractivity contribution in [3.8, 4) is 0 Å². The Bertz CT molecular complexity index is 325. The maximum Gasteiger partial charge on any atom is 0.405 e. The van der Waals surface area contributed by atoms with E-state index in [-0.39, 0.29) is 11.5 Å². The van der Waals surface area contributed by atoms with Crippen LogP contribution in [-0.4, -0.2) is 60.9 Å². The Hall–Kier alpha value is -0.930. The molecule has 104 valence electrons. The van der Waals surface area contributed by atoms with Gasteiger partial charge in [0, 0.05) is 13.1 Å². The summed E-state index contributed by atoms with van der Waals surface area (Å²) in [5.41, 5.74) is 5.41. The number of carbonyl (C=O) groups excluding carboxylic acids is 1. The molecule has 18 heavy (non-hydrogen) atoms. The van der Waals surface area contributed by atoms with Crippen LogP contribution in [0.3, 0.4) is 0 Å². The van der Waals surface area contributed by atoms with Crippen LogP contribution in [0.15, 0.2) is 0 Å². The third-order valence-corrected chi connectivity index (χ3v) is 2.58. The molecule has 0 spiro atoms. The summed E-state index contributed by atoms with van der Waals surface area (Å²) in [5.74, 6) is -0.684. The average Bonchev–Trinajstić information content (AvgIpc) is 2.26. The molecule has 1 unspecified atom stereocenters. The van der Waals surface area contributed by atoms with Gasteiger partial charge in [-0.25, -0.2) is 0 Å². The number of nitrogens with two attached hydrogens (primary N) is 1. The molecule has 0 bridgehead atoms. The Balaban J connectivity index is 2.33. The molecule has 3 N–H and O–H groups in total. The molecule has 0 saturated carbocycles. The van der Waals surface area contributed by atoms with Crippen molar-refractivity contribution in [2.24, 2.45) is 5.73 Å². The summed E-state index contributed by atoms with van der Waals surface area (Å²) in [6, 6.07) is 0. The smallest absolute Gasteiger partial charge is 0.391 e. The molecule has 1 aliphatic rings. The number of hydrogen-bond donors (Lipinski definition) is 2. The summed E-state index contributed by atoms with van der Waals surface area (Å²) in [7, 11) is 0. The Morgan fingerprint density at radius 1 is 1.56 bits per heavy atom. The first-order valence-corrected chi connectivity index (χ1v) is 5.65. The fraction of sp³-hybridized carbons (Fsp3) is 0.778. The lowest BCUT2D eigenvalue weighted by molar-refractivity contribution is -0.139. The maximum absolute atomic E-state index is 11.9. The lowest BCUT2D eigenvalue weighted by atomic mass is 10.2. The van der Waals surface area contributed by atoms with Crippen molar-refractivity contribution in [1.82, 2.24) is 10.2 Å². The Kier molecular flexibility index (Phi) is 5.29. The molecule has 0 aliphatic carbocycles. The van der Waals surface area contributed by atoms with Crippen LogP contribution in [0.1, 0.15) is 0 Å². The molecule has 1 heterocycles. The van der Waals surface area contributed by atoms with Crippen molar-refractivity contribution in [2.45, 2.75) is 12.3 Å². The summed E-state index contributed by atoms with van der Waals surface area (Å²) < 4.78 is 40.9. The van der Waals surface area contributed by atoms with Gasteiger partial charge < -0.3 is 15.8 Å². The summed E-state index contributed by atoms with van der Waals surface area (Å²) in [5, 5.41) is 1.80. The van der Waals surface area contributed by atoms with E-state index in [1.54, 1.807) is 10.2 Å². The van der Waals surface area contributed by atoms with Crippen molar-refractivity contribution in [3.63, 3.8) is 0 Å². The molecule has 0 radical (unpaired) electrons. The van der Waals surface area contributed by atoms with Gasteiger partial charge in [-0.1, -0.05) is 12.2 Å². The highest BCUT2D eigenvalue weighted by Crippen LogP contribution is 2.12. The number of rotatable bonds is 4. The molecule has 1 amide bonds. The number of nitrogens with one attached hydrogen (secondary N) is 1. The van der Waals surface area contributed by atoms with Gasteiger partial charge in [-0.3, -0.25) is 9.69 Å². The van der Waals surface area contributed by atoms with Gasteiger partial charge in [0.1, 0.15) is 17.6 Å². The van der Waals surface area contributed by atoms with Crippen molar-refractivity contribution < 1.29 is 22.7 Å². The monoisotopic (exact) mass is 285 g/mol. The lowest BCUT2D eigenvalue weighted by Crippen LogP contribution is -2.51. The van der Waals surface area contributed by atoms with E-state index in [1.165, 1.54) is 0 Å². The number of thiocarbonyl (C=S) groups is 1.